The Balaban J connectivity index is 2.25. The first-order chi connectivity index (χ1) is 8.67. The smallest absolute Gasteiger partial charge is 0.274 e. The molecule has 0 radical (unpaired) electrons. The first-order valence-electron chi connectivity index (χ1n) is 6.39. The molecule has 0 aliphatic heterocycles. The van der Waals surface area contributed by atoms with Crippen LogP contribution in [0.1, 0.15) is 42.9 Å². The topological polar surface area (TPSA) is 37.6 Å². The van der Waals surface area contributed by atoms with E-state index in [4.69, 9.17) is 0 Å². The molecular formula is C13H19N3OS. The highest BCUT2D eigenvalue weighted by Gasteiger charge is 2.18. The lowest BCUT2D eigenvalue weighted by Gasteiger charge is -2.20. The van der Waals surface area contributed by atoms with Gasteiger partial charge in [0.1, 0.15) is 5.69 Å². The lowest BCUT2D eigenvalue weighted by molar-refractivity contribution is 0.0750. The fourth-order valence-electron chi connectivity index (χ4n) is 2.01. The van der Waals surface area contributed by atoms with Gasteiger partial charge in [0.15, 0.2) is 4.96 Å². The number of carbonyl (C=O) groups is 1. The monoisotopic (exact) mass is 265 g/mol. The molecule has 98 valence electrons. The molecule has 0 unspecified atom stereocenters. The number of hydrogen-bond donors (Lipinski definition) is 0. The summed E-state index contributed by atoms with van der Waals surface area (Å²) in [5, 5.41) is 2.05. The largest absolute Gasteiger partial charge is 0.337 e. The molecule has 2 aromatic heterocycles. The number of aryl methyl sites for hydroxylation is 1. The molecular weight excluding hydrogens is 246 g/mol. The second-order valence-corrected chi connectivity index (χ2v) is 5.28. The van der Waals surface area contributed by atoms with E-state index in [0.717, 1.165) is 36.6 Å². The molecule has 0 atom stereocenters. The number of amides is 1. The number of aromatic nitrogens is 2. The van der Waals surface area contributed by atoms with Crippen molar-refractivity contribution < 1.29 is 4.79 Å². The van der Waals surface area contributed by atoms with Gasteiger partial charge in [-0.15, -0.1) is 11.3 Å². The van der Waals surface area contributed by atoms with Crippen molar-refractivity contribution in [2.24, 2.45) is 0 Å². The average molecular weight is 265 g/mol. The molecule has 18 heavy (non-hydrogen) atoms. The quantitative estimate of drug-likeness (QED) is 0.833. The predicted molar refractivity (Wildman–Crippen MR) is 74.3 cm³/mol. The molecule has 0 saturated carbocycles. The number of imidazole rings is 1. The van der Waals surface area contributed by atoms with Crippen molar-refractivity contribution in [3.05, 3.63) is 23.0 Å². The second-order valence-electron chi connectivity index (χ2n) is 4.45. The highest BCUT2D eigenvalue weighted by atomic mass is 32.1. The minimum Gasteiger partial charge on any atom is -0.337 e. The molecule has 0 aliphatic rings. The van der Waals surface area contributed by atoms with Gasteiger partial charge in [-0.2, -0.15) is 0 Å². The fourth-order valence-corrected chi connectivity index (χ4v) is 2.86. The molecule has 0 bridgehead atoms. The lowest BCUT2D eigenvalue weighted by atomic mass is 10.3. The predicted octanol–water partition coefficient (Wildman–Crippen LogP) is 2.97. The second kappa shape index (κ2) is 5.52. The highest BCUT2D eigenvalue weighted by Crippen LogP contribution is 2.17. The summed E-state index contributed by atoms with van der Waals surface area (Å²) < 4.78 is 1.98. The van der Waals surface area contributed by atoms with Crippen molar-refractivity contribution in [2.45, 2.75) is 33.6 Å². The van der Waals surface area contributed by atoms with Crippen LogP contribution in [0.2, 0.25) is 0 Å². The van der Waals surface area contributed by atoms with Crippen molar-refractivity contribution in [3.8, 4) is 0 Å². The molecule has 0 fully saturated rings. The minimum absolute atomic E-state index is 0.0500. The minimum atomic E-state index is 0.0500. The fraction of sp³-hybridized carbons (Fsp3) is 0.538. The summed E-state index contributed by atoms with van der Waals surface area (Å²) in [4.78, 5) is 19.6. The van der Waals surface area contributed by atoms with E-state index in [1.165, 1.54) is 0 Å². The van der Waals surface area contributed by atoms with E-state index in [9.17, 15) is 4.79 Å². The zero-order valence-corrected chi connectivity index (χ0v) is 12.0. The van der Waals surface area contributed by atoms with Crippen molar-refractivity contribution in [3.63, 3.8) is 0 Å². The molecule has 0 N–H and O–H groups in total. The molecule has 0 saturated heterocycles. The molecule has 1 amide bonds. The number of rotatable bonds is 5. The number of fused-ring (bicyclic) bond motifs is 1. The molecule has 0 aliphatic carbocycles. The maximum atomic E-state index is 12.4. The Morgan fingerprint density at radius 2 is 2.06 bits per heavy atom. The number of thiazole rings is 1. The number of carbonyl (C=O) groups excluding carboxylic acids is 1. The molecule has 0 spiro atoms. The van der Waals surface area contributed by atoms with Crippen molar-refractivity contribution >= 4 is 22.2 Å². The normalized spacial score (nSPS) is 11.1. The van der Waals surface area contributed by atoms with Gasteiger partial charge in [0.2, 0.25) is 0 Å². The maximum absolute atomic E-state index is 12.4. The number of hydrogen-bond acceptors (Lipinski definition) is 3. The van der Waals surface area contributed by atoms with Crippen LogP contribution in [0.3, 0.4) is 0 Å². The molecule has 4 nitrogen and oxygen atoms in total. The van der Waals surface area contributed by atoms with E-state index in [0.29, 0.717) is 5.69 Å². The Bertz CT molecular complexity index is 537. The third-order valence-electron chi connectivity index (χ3n) is 2.88. The summed E-state index contributed by atoms with van der Waals surface area (Å²) in [6, 6.07) is 0. The average Bonchev–Trinajstić information content (AvgIpc) is 2.91. The maximum Gasteiger partial charge on any atom is 0.274 e. The van der Waals surface area contributed by atoms with Gasteiger partial charge in [-0.1, -0.05) is 13.8 Å². The van der Waals surface area contributed by atoms with E-state index in [1.54, 1.807) is 11.3 Å². The molecule has 2 aromatic rings. The first kappa shape index (κ1) is 13.1. The Hall–Kier alpha value is -1.36. The van der Waals surface area contributed by atoms with Crippen LogP contribution >= 0.6 is 11.3 Å². The van der Waals surface area contributed by atoms with E-state index >= 15 is 0 Å². The summed E-state index contributed by atoms with van der Waals surface area (Å²) in [5.74, 6) is 0.0500. The third-order valence-corrected chi connectivity index (χ3v) is 3.84. The van der Waals surface area contributed by atoms with Gasteiger partial charge in [0, 0.05) is 30.4 Å². The Morgan fingerprint density at radius 1 is 1.39 bits per heavy atom. The standard InChI is InChI=1S/C13H19N3OS/c1-4-6-15(7-5-2)12(17)11-8-16-10(3)9-18-13(16)14-11/h8-9H,4-7H2,1-3H3. The van der Waals surface area contributed by atoms with Gasteiger partial charge in [0.25, 0.3) is 5.91 Å². The Morgan fingerprint density at radius 3 is 2.61 bits per heavy atom. The zero-order chi connectivity index (χ0) is 13.1. The van der Waals surface area contributed by atoms with Gasteiger partial charge >= 0.3 is 0 Å². The van der Waals surface area contributed by atoms with Crippen LogP contribution in [0.5, 0.6) is 0 Å². The van der Waals surface area contributed by atoms with E-state index < -0.39 is 0 Å². The lowest BCUT2D eigenvalue weighted by Crippen LogP contribution is -2.32. The summed E-state index contributed by atoms with van der Waals surface area (Å²) in [6.07, 6.45) is 3.81. The molecule has 2 heterocycles. The molecule has 2 rings (SSSR count). The van der Waals surface area contributed by atoms with Crippen LogP contribution in [0.15, 0.2) is 11.6 Å². The first-order valence-corrected chi connectivity index (χ1v) is 7.27. The van der Waals surface area contributed by atoms with Crippen LogP contribution in [-0.4, -0.2) is 33.3 Å². The van der Waals surface area contributed by atoms with Crippen molar-refractivity contribution in [1.29, 1.82) is 0 Å². The summed E-state index contributed by atoms with van der Waals surface area (Å²) in [6.45, 7) is 7.81. The SMILES string of the molecule is CCCN(CCC)C(=O)c1cn2c(C)csc2n1. The molecule has 0 aromatic carbocycles. The van der Waals surface area contributed by atoms with Gasteiger partial charge in [-0.25, -0.2) is 4.98 Å². The van der Waals surface area contributed by atoms with Crippen LogP contribution < -0.4 is 0 Å². The van der Waals surface area contributed by atoms with Crippen molar-refractivity contribution in [2.75, 3.05) is 13.1 Å². The van der Waals surface area contributed by atoms with Crippen LogP contribution in [0.25, 0.3) is 4.96 Å². The number of nitrogens with zero attached hydrogens (tertiary/aromatic N) is 3. The van der Waals surface area contributed by atoms with Crippen LogP contribution in [-0.2, 0) is 0 Å². The summed E-state index contributed by atoms with van der Waals surface area (Å²) in [5.41, 5.74) is 1.69. The van der Waals surface area contributed by atoms with Gasteiger partial charge < -0.3 is 4.90 Å². The summed E-state index contributed by atoms with van der Waals surface area (Å²) in [7, 11) is 0. The summed E-state index contributed by atoms with van der Waals surface area (Å²) >= 11 is 1.57. The molecule has 5 heteroatoms. The Labute approximate surface area is 111 Å². The van der Waals surface area contributed by atoms with E-state index in [2.05, 4.69) is 18.8 Å². The van der Waals surface area contributed by atoms with Gasteiger partial charge in [0.05, 0.1) is 0 Å². The third kappa shape index (κ3) is 2.41. The van der Waals surface area contributed by atoms with E-state index in [-0.39, 0.29) is 5.91 Å². The van der Waals surface area contributed by atoms with Gasteiger partial charge in [-0.05, 0) is 19.8 Å². The van der Waals surface area contributed by atoms with Crippen molar-refractivity contribution in [1.82, 2.24) is 14.3 Å². The van der Waals surface area contributed by atoms with Gasteiger partial charge in [-0.3, -0.25) is 9.20 Å². The van der Waals surface area contributed by atoms with E-state index in [1.807, 2.05) is 27.8 Å². The zero-order valence-electron chi connectivity index (χ0n) is 11.1. The Kier molecular flexibility index (Phi) is 4.01. The highest BCUT2D eigenvalue weighted by molar-refractivity contribution is 7.15. The van der Waals surface area contributed by atoms with Crippen LogP contribution in [0, 0.1) is 6.92 Å². The van der Waals surface area contributed by atoms with Crippen LogP contribution in [0.4, 0.5) is 0 Å².